The van der Waals surface area contributed by atoms with E-state index < -0.39 is 5.97 Å². The summed E-state index contributed by atoms with van der Waals surface area (Å²) in [5.41, 5.74) is 1.23. The largest absolute Gasteiger partial charge is 0.493 e. The molecule has 0 saturated heterocycles. The van der Waals surface area contributed by atoms with E-state index in [0.717, 1.165) is 17.3 Å². The highest BCUT2D eigenvalue weighted by atomic mass is 79.9. The summed E-state index contributed by atoms with van der Waals surface area (Å²) in [6, 6.07) is 3.63. The predicted molar refractivity (Wildman–Crippen MR) is 94.9 cm³/mol. The third kappa shape index (κ3) is 3.78. The lowest BCUT2D eigenvalue weighted by molar-refractivity contribution is 0.0520. The van der Waals surface area contributed by atoms with Crippen molar-refractivity contribution in [1.82, 2.24) is 15.4 Å². The summed E-state index contributed by atoms with van der Waals surface area (Å²) in [6.45, 7) is 2.01. The summed E-state index contributed by atoms with van der Waals surface area (Å²) in [5.74, 6) is 0.723. The summed E-state index contributed by atoms with van der Waals surface area (Å²) < 4.78 is 17.4. The second-order valence-corrected chi connectivity index (χ2v) is 6.61. The molecule has 0 aliphatic heterocycles. The normalized spacial score (nSPS) is 14.5. The summed E-state index contributed by atoms with van der Waals surface area (Å²) in [7, 11) is 1.59. The van der Waals surface area contributed by atoms with Crippen LogP contribution in [0.25, 0.3) is 11.3 Å². The van der Waals surface area contributed by atoms with Crippen LogP contribution in [0.2, 0.25) is 0 Å². The molecule has 2 aromatic rings. The van der Waals surface area contributed by atoms with Crippen LogP contribution in [-0.2, 0) is 4.74 Å². The molecule has 0 unspecified atom stereocenters. The molecule has 0 amide bonds. The molecular weight excluding hydrogens is 390 g/mol. The fourth-order valence-electron chi connectivity index (χ4n) is 2.92. The Kier molecular flexibility index (Phi) is 5.57. The third-order valence-electron chi connectivity index (χ3n) is 4.11. The van der Waals surface area contributed by atoms with Crippen molar-refractivity contribution in [2.45, 2.75) is 38.7 Å². The molecule has 1 heterocycles. The number of nitrogens with zero attached hydrogens (tertiary/aromatic N) is 2. The Bertz CT molecular complexity index is 756. The molecule has 0 bridgehead atoms. The summed E-state index contributed by atoms with van der Waals surface area (Å²) >= 11 is 3.54. The van der Waals surface area contributed by atoms with Gasteiger partial charge in [-0.2, -0.15) is 10.3 Å². The van der Waals surface area contributed by atoms with Crippen molar-refractivity contribution >= 4 is 21.9 Å². The second-order valence-electron chi connectivity index (χ2n) is 5.76. The minimum absolute atomic E-state index is 0.139. The van der Waals surface area contributed by atoms with Gasteiger partial charge in [-0.05, 0) is 60.7 Å². The van der Waals surface area contributed by atoms with Crippen LogP contribution in [0, 0.1) is 0 Å². The molecule has 1 fully saturated rings. The molecule has 3 rings (SSSR count). The van der Waals surface area contributed by atoms with E-state index in [4.69, 9.17) is 14.2 Å². The number of ether oxygens (including phenoxy) is 3. The van der Waals surface area contributed by atoms with E-state index in [1.54, 1.807) is 20.1 Å². The average Bonchev–Trinajstić information content (AvgIpc) is 3.28. The van der Waals surface area contributed by atoms with Crippen LogP contribution in [0.1, 0.15) is 43.1 Å². The van der Waals surface area contributed by atoms with Gasteiger partial charge in [-0.15, -0.1) is 5.10 Å². The van der Waals surface area contributed by atoms with Crippen molar-refractivity contribution in [2.24, 2.45) is 0 Å². The lowest BCUT2D eigenvalue weighted by Gasteiger charge is -2.18. The van der Waals surface area contributed by atoms with Crippen molar-refractivity contribution in [1.29, 1.82) is 0 Å². The zero-order chi connectivity index (χ0) is 17.8. The van der Waals surface area contributed by atoms with Crippen LogP contribution in [0.4, 0.5) is 0 Å². The highest BCUT2D eigenvalue weighted by Crippen LogP contribution is 2.41. The summed E-state index contributed by atoms with van der Waals surface area (Å²) in [5, 5.41) is 10.5. The van der Waals surface area contributed by atoms with Gasteiger partial charge < -0.3 is 14.2 Å². The smallest absolute Gasteiger partial charge is 0.361 e. The number of rotatable bonds is 6. The molecule has 1 aliphatic rings. The van der Waals surface area contributed by atoms with Crippen molar-refractivity contribution in [3.05, 3.63) is 22.3 Å². The topological polar surface area (TPSA) is 86.3 Å². The molecule has 0 radical (unpaired) electrons. The van der Waals surface area contributed by atoms with Gasteiger partial charge in [0.2, 0.25) is 0 Å². The fraction of sp³-hybridized carbons (Fsp3) is 0.471. The number of methoxy groups -OCH3 is 1. The van der Waals surface area contributed by atoms with Crippen molar-refractivity contribution in [2.75, 3.05) is 13.7 Å². The number of halogens is 1. The van der Waals surface area contributed by atoms with E-state index in [-0.39, 0.29) is 18.4 Å². The summed E-state index contributed by atoms with van der Waals surface area (Å²) in [6.07, 6.45) is 4.68. The zero-order valence-electron chi connectivity index (χ0n) is 14.2. The van der Waals surface area contributed by atoms with Crippen LogP contribution in [0.15, 0.2) is 16.6 Å². The molecule has 0 spiro atoms. The number of hydrogen-bond acceptors (Lipinski definition) is 6. The van der Waals surface area contributed by atoms with E-state index in [1.165, 1.54) is 12.8 Å². The maximum absolute atomic E-state index is 12.0. The van der Waals surface area contributed by atoms with Gasteiger partial charge in [-0.3, -0.25) is 0 Å². The number of benzene rings is 1. The number of carbonyl (C=O) groups excluding carboxylic acids is 1. The number of aromatic nitrogens is 3. The van der Waals surface area contributed by atoms with Gasteiger partial charge in [0, 0.05) is 5.56 Å². The van der Waals surface area contributed by atoms with Crippen LogP contribution in [0.3, 0.4) is 0 Å². The number of nitrogens with one attached hydrogen (secondary N) is 1. The quantitative estimate of drug-likeness (QED) is 0.731. The first-order valence-corrected chi connectivity index (χ1v) is 9.05. The Morgan fingerprint density at radius 1 is 1.32 bits per heavy atom. The lowest BCUT2D eigenvalue weighted by Crippen LogP contribution is -2.12. The minimum Gasteiger partial charge on any atom is -0.493 e. The Labute approximate surface area is 154 Å². The molecule has 1 aliphatic carbocycles. The van der Waals surface area contributed by atoms with E-state index in [0.29, 0.717) is 22.8 Å². The maximum atomic E-state index is 12.0. The van der Waals surface area contributed by atoms with E-state index in [9.17, 15) is 4.79 Å². The van der Waals surface area contributed by atoms with Crippen LogP contribution >= 0.6 is 15.9 Å². The van der Waals surface area contributed by atoms with Crippen LogP contribution in [0.5, 0.6) is 11.5 Å². The van der Waals surface area contributed by atoms with E-state index in [2.05, 4.69) is 31.3 Å². The maximum Gasteiger partial charge on any atom is 0.361 e. The number of carbonyl (C=O) groups is 1. The Balaban J connectivity index is 1.95. The molecule has 134 valence electrons. The van der Waals surface area contributed by atoms with Gasteiger partial charge in [0.05, 0.1) is 24.3 Å². The molecule has 1 saturated carbocycles. The van der Waals surface area contributed by atoms with E-state index in [1.807, 2.05) is 6.07 Å². The molecule has 8 heteroatoms. The number of aromatic amines is 1. The molecule has 1 aromatic carbocycles. The zero-order valence-corrected chi connectivity index (χ0v) is 15.8. The number of esters is 1. The van der Waals surface area contributed by atoms with Gasteiger partial charge in [0.25, 0.3) is 0 Å². The predicted octanol–water partition coefficient (Wildman–Crippen LogP) is 3.74. The molecule has 1 N–H and O–H groups in total. The first-order valence-electron chi connectivity index (χ1n) is 8.26. The second kappa shape index (κ2) is 7.86. The Hall–Kier alpha value is -2.09. The molecule has 7 nitrogen and oxygen atoms in total. The minimum atomic E-state index is -0.521. The monoisotopic (exact) mass is 409 g/mol. The van der Waals surface area contributed by atoms with Crippen LogP contribution in [-0.4, -0.2) is 41.2 Å². The standard InChI is InChI=1S/C17H20BrN3O4/c1-3-24-17(22)15-14(19-21-20-15)10-8-12(18)16(13(9-10)23-2)25-11-6-4-5-7-11/h8-9,11H,3-7H2,1-2H3,(H,19,20,21). The van der Waals surface area contributed by atoms with Crippen LogP contribution < -0.4 is 9.47 Å². The summed E-state index contributed by atoms with van der Waals surface area (Å²) in [4.78, 5) is 12.0. The van der Waals surface area contributed by atoms with Gasteiger partial charge in [0.1, 0.15) is 5.69 Å². The number of hydrogen-bond donors (Lipinski definition) is 1. The van der Waals surface area contributed by atoms with Crippen molar-refractivity contribution in [3.63, 3.8) is 0 Å². The highest BCUT2D eigenvalue weighted by Gasteiger charge is 2.24. The molecule has 0 atom stereocenters. The highest BCUT2D eigenvalue weighted by molar-refractivity contribution is 9.10. The number of H-pyrrole nitrogens is 1. The van der Waals surface area contributed by atoms with E-state index >= 15 is 0 Å². The van der Waals surface area contributed by atoms with Gasteiger partial charge in [0.15, 0.2) is 17.2 Å². The fourth-order valence-corrected chi connectivity index (χ4v) is 3.45. The average molecular weight is 410 g/mol. The molecular formula is C17H20BrN3O4. The SMILES string of the molecule is CCOC(=O)c1n[nH]nc1-c1cc(Br)c(OC2CCCC2)c(OC)c1. The van der Waals surface area contributed by atoms with Gasteiger partial charge in [-0.25, -0.2) is 4.79 Å². The molecule has 25 heavy (non-hydrogen) atoms. The van der Waals surface area contributed by atoms with Crippen molar-refractivity contribution < 1.29 is 19.0 Å². The Morgan fingerprint density at radius 3 is 2.76 bits per heavy atom. The first-order chi connectivity index (χ1) is 12.1. The first kappa shape index (κ1) is 17.7. The third-order valence-corrected chi connectivity index (χ3v) is 4.70. The Morgan fingerprint density at radius 2 is 2.08 bits per heavy atom. The van der Waals surface area contributed by atoms with Gasteiger partial charge in [-0.1, -0.05) is 0 Å². The molecule has 1 aromatic heterocycles. The van der Waals surface area contributed by atoms with Crippen molar-refractivity contribution in [3.8, 4) is 22.8 Å². The van der Waals surface area contributed by atoms with Gasteiger partial charge >= 0.3 is 5.97 Å². The lowest BCUT2D eigenvalue weighted by atomic mass is 10.1.